The van der Waals surface area contributed by atoms with E-state index < -0.39 is 15.9 Å². The number of ether oxygens (including phenoxy) is 1. The van der Waals surface area contributed by atoms with E-state index in [0.29, 0.717) is 13.0 Å². The Labute approximate surface area is 179 Å². The molecule has 1 heterocycles. The monoisotopic (exact) mass is 430 g/mol. The number of likely N-dealkylation sites (N-methyl/N-ethyl adjacent to an activating group) is 1. The summed E-state index contributed by atoms with van der Waals surface area (Å²) in [6, 6.07) is 16.9. The number of methoxy groups -OCH3 is 1. The molecule has 0 aromatic heterocycles. The van der Waals surface area contributed by atoms with Crippen LogP contribution < -0.4 is 10.1 Å². The number of nitrogens with one attached hydrogen (secondary N) is 1. The number of hydrogen-bond acceptors (Lipinski definition) is 5. The Bertz CT molecular complexity index is 945. The summed E-state index contributed by atoms with van der Waals surface area (Å²) in [5.74, 6) is 0.907. The highest BCUT2D eigenvalue weighted by atomic mass is 32.2. The van der Waals surface area contributed by atoms with Gasteiger partial charge >= 0.3 is 0 Å². The quantitative estimate of drug-likeness (QED) is 0.697. The smallest absolute Gasteiger partial charge is 0.239 e. The molecule has 30 heavy (non-hydrogen) atoms. The molecule has 1 amide bonds. The zero-order valence-corrected chi connectivity index (χ0v) is 18.6. The van der Waals surface area contributed by atoms with Crippen molar-refractivity contribution < 1.29 is 17.9 Å². The predicted octanol–water partition coefficient (Wildman–Crippen LogP) is 2.80. The van der Waals surface area contributed by atoms with Crippen molar-refractivity contribution in [1.82, 2.24) is 10.2 Å². The normalized spacial score (nSPS) is 19.8. The molecule has 7 heteroatoms. The second-order valence-electron chi connectivity index (χ2n) is 7.69. The zero-order valence-electron chi connectivity index (χ0n) is 17.7. The summed E-state index contributed by atoms with van der Waals surface area (Å²) >= 11 is 0. The zero-order chi connectivity index (χ0) is 21.7. The highest BCUT2D eigenvalue weighted by Crippen LogP contribution is 2.25. The van der Waals surface area contributed by atoms with Crippen molar-refractivity contribution >= 4 is 15.7 Å². The average Bonchev–Trinajstić information content (AvgIpc) is 3.12. The fourth-order valence-electron chi connectivity index (χ4n) is 4.01. The van der Waals surface area contributed by atoms with Gasteiger partial charge in [0.05, 0.1) is 30.7 Å². The molecular weight excluding hydrogens is 400 g/mol. The molecule has 0 aliphatic carbocycles. The highest BCUT2D eigenvalue weighted by molar-refractivity contribution is 7.91. The first-order valence-electron chi connectivity index (χ1n) is 10.3. The van der Waals surface area contributed by atoms with E-state index in [9.17, 15) is 13.2 Å². The van der Waals surface area contributed by atoms with Gasteiger partial charge in [-0.2, -0.15) is 0 Å². The number of carbonyl (C=O) groups excluding carboxylic acids is 1. The second kappa shape index (κ2) is 9.62. The van der Waals surface area contributed by atoms with Gasteiger partial charge in [-0.15, -0.1) is 0 Å². The molecule has 3 rings (SSSR count). The van der Waals surface area contributed by atoms with E-state index in [1.54, 1.807) is 12.0 Å². The molecule has 0 saturated carbocycles. The first kappa shape index (κ1) is 22.3. The third-order valence-electron chi connectivity index (χ3n) is 5.64. The molecule has 1 aliphatic heterocycles. The Morgan fingerprint density at radius 1 is 1.13 bits per heavy atom. The van der Waals surface area contributed by atoms with E-state index in [4.69, 9.17) is 4.74 Å². The number of sulfone groups is 1. The fourth-order valence-corrected chi connectivity index (χ4v) is 5.74. The summed E-state index contributed by atoms with van der Waals surface area (Å²) in [6.45, 7) is 4.23. The maximum absolute atomic E-state index is 13.2. The molecule has 2 aromatic carbocycles. The summed E-state index contributed by atoms with van der Waals surface area (Å²) in [5.41, 5.74) is 2.07. The van der Waals surface area contributed by atoms with Crippen molar-refractivity contribution in [3.8, 4) is 5.75 Å². The van der Waals surface area contributed by atoms with Gasteiger partial charge in [0.2, 0.25) is 5.91 Å². The van der Waals surface area contributed by atoms with Gasteiger partial charge in [0, 0.05) is 12.6 Å². The highest BCUT2D eigenvalue weighted by Gasteiger charge is 2.35. The van der Waals surface area contributed by atoms with Gasteiger partial charge in [0.15, 0.2) is 9.84 Å². The number of benzene rings is 2. The van der Waals surface area contributed by atoms with Gasteiger partial charge in [-0.1, -0.05) is 42.5 Å². The maximum atomic E-state index is 13.2. The first-order chi connectivity index (χ1) is 14.3. The Hall–Kier alpha value is -2.38. The number of carbonyl (C=O) groups is 1. The van der Waals surface area contributed by atoms with Crippen LogP contribution in [0.2, 0.25) is 0 Å². The minimum Gasteiger partial charge on any atom is -0.497 e. The van der Waals surface area contributed by atoms with Crippen LogP contribution in [0.1, 0.15) is 37.4 Å². The van der Waals surface area contributed by atoms with Gasteiger partial charge in [0.25, 0.3) is 0 Å². The van der Waals surface area contributed by atoms with Crippen molar-refractivity contribution in [3.05, 3.63) is 65.7 Å². The molecular formula is C23H30N2O4S. The standard InChI is InChI=1S/C23H30N2O4S/c1-4-25(20-14-15-30(27,28)16-20)23(26)17(2)24-22(18-8-6-5-7-9-18)19-10-12-21(29-3)13-11-19/h5-13,17,20,22,24H,4,14-16H2,1-3H3. The lowest BCUT2D eigenvalue weighted by atomic mass is 9.97. The van der Waals surface area contributed by atoms with E-state index in [1.165, 1.54) is 0 Å². The lowest BCUT2D eigenvalue weighted by molar-refractivity contribution is -0.134. The summed E-state index contributed by atoms with van der Waals surface area (Å²) in [4.78, 5) is 14.9. The van der Waals surface area contributed by atoms with Crippen molar-refractivity contribution in [1.29, 1.82) is 0 Å². The van der Waals surface area contributed by atoms with E-state index >= 15 is 0 Å². The molecule has 0 radical (unpaired) electrons. The van der Waals surface area contributed by atoms with Crippen LogP contribution in [-0.4, -0.2) is 56.5 Å². The summed E-state index contributed by atoms with van der Waals surface area (Å²) in [6.07, 6.45) is 0.509. The molecule has 0 spiro atoms. The molecule has 3 unspecified atom stereocenters. The minimum absolute atomic E-state index is 0.0555. The Kier molecular flexibility index (Phi) is 7.15. The minimum atomic E-state index is -3.05. The first-order valence-corrected chi connectivity index (χ1v) is 12.1. The van der Waals surface area contributed by atoms with Gasteiger partial charge in [0.1, 0.15) is 5.75 Å². The van der Waals surface area contributed by atoms with E-state index in [2.05, 4.69) is 5.32 Å². The van der Waals surface area contributed by atoms with Gasteiger partial charge in [-0.05, 0) is 43.5 Å². The fraction of sp³-hybridized carbons (Fsp3) is 0.435. The molecule has 1 aliphatic rings. The van der Waals surface area contributed by atoms with Crippen LogP contribution in [0.25, 0.3) is 0 Å². The second-order valence-corrected chi connectivity index (χ2v) is 9.92. The Morgan fingerprint density at radius 3 is 2.30 bits per heavy atom. The topological polar surface area (TPSA) is 75.7 Å². The van der Waals surface area contributed by atoms with E-state index in [-0.39, 0.29) is 29.5 Å². The van der Waals surface area contributed by atoms with Crippen LogP contribution in [0.15, 0.2) is 54.6 Å². The SMILES string of the molecule is CCN(C(=O)C(C)NC(c1ccccc1)c1ccc(OC)cc1)C1CCS(=O)(=O)C1. The predicted molar refractivity (Wildman–Crippen MR) is 118 cm³/mol. The van der Waals surface area contributed by atoms with Crippen LogP contribution in [0.5, 0.6) is 5.75 Å². The number of amides is 1. The van der Waals surface area contributed by atoms with Crippen LogP contribution in [-0.2, 0) is 14.6 Å². The molecule has 1 N–H and O–H groups in total. The van der Waals surface area contributed by atoms with Crippen molar-refractivity contribution in [2.45, 2.75) is 38.4 Å². The largest absolute Gasteiger partial charge is 0.497 e. The molecule has 162 valence electrons. The van der Waals surface area contributed by atoms with Crippen LogP contribution in [0.4, 0.5) is 0 Å². The molecule has 1 saturated heterocycles. The van der Waals surface area contributed by atoms with Gasteiger partial charge in [-0.25, -0.2) is 8.42 Å². The van der Waals surface area contributed by atoms with Crippen molar-refractivity contribution in [2.24, 2.45) is 0 Å². The molecule has 6 nitrogen and oxygen atoms in total. The molecule has 2 aromatic rings. The lowest BCUT2D eigenvalue weighted by Gasteiger charge is -2.32. The number of rotatable bonds is 8. The van der Waals surface area contributed by atoms with Crippen LogP contribution in [0.3, 0.4) is 0 Å². The third kappa shape index (κ3) is 5.21. The number of nitrogens with zero attached hydrogens (tertiary/aromatic N) is 1. The summed E-state index contributed by atoms with van der Waals surface area (Å²) in [5, 5.41) is 3.46. The van der Waals surface area contributed by atoms with Crippen LogP contribution >= 0.6 is 0 Å². The van der Waals surface area contributed by atoms with Crippen LogP contribution in [0, 0.1) is 0 Å². The molecule has 3 atom stereocenters. The molecule has 1 fully saturated rings. The van der Waals surface area contributed by atoms with E-state index in [0.717, 1.165) is 16.9 Å². The van der Waals surface area contributed by atoms with Gasteiger partial charge < -0.3 is 9.64 Å². The Morgan fingerprint density at radius 2 is 1.77 bits per heavy atom. The van der Waals surface area contributed by atoms with Crippen molar-refractivity contribution in [3.63, 3.8) is 0 Å². The summed E-state index contributed by atoms with van der Waals surface area (Å²) in [7, 11) is -1.42. The lowest BCUT2D eigenvalue weighted by Crippen LogP contribution is -2.50. The Balaban J connectivity index is 1.81. The van der Waals surface area contributed by atoms with Crippen molar-refractivity contribution in [2.75, 3.05) is 25.2 Å². The number of hydrogen-bond donors (Lipinski definition) is 1. The summed E-state index contributed by atoms with van der Waals surface area (Å²) < 4.78 is 29.0. The van der Waals surface area contributed by atoms with Gasteiger partial charge in [-0.3, -0.25) is 10.1 Å². The average molecular weight is 431 g/mol. The van der Waals surface area contributed by atoms with E-state index in [1.807, 2.05) is 68.4 Å². The molecule has 0 bridgehead atoms. The maximum Gasteiger partial charge on any atom is 0.239 e. The third-order valence-corrected chi connectivity index (χ3v) is 7.39.